The van der Waals surface area contributed by atoms with E-state index in [9.17, 15) is 31.9 Å². The first kappa shape index (κ1) is 21.1. The highest BCUT2D eigenvalue weighted by atomic mass is 19.4. The number of carbonyl (C=O) groups is 3. The minimum absolute atomic E-state index is 0.317. The van der Waals surface area contributed by atoms with Gasteiger partial charge in [0.2, 0.25) is 5.91 Å². The van der Waals surface area contributed by atoms with Crippen molar-refractivity contribution in [2.24, 2.45) is 5.92 Å². The van der Waals surface area contributed by atoms with E-state index in [2.05, 4.69) is 17.6 Å². The standard InChI is InChI=1S/C19H21F4N3O3/c1-11-4-6-18(7-5-11)16(28)26(17(29)25-18)10-15(27)24-9-12-2-3-13(20)8-14(12)19(21,22)23/h2-3,8,11H,4-7,9-10H2,1H3,(H,24,27)(H,25,29). The molecule has 4 amide bonds. The minimum Gasteiger partial charge on any atom is -0.350 e. The molecule has 0 aromatic heterocycles. The van der Waals surface area contributed by atoms with Gasteiger partial charge in [0, 0.05) is 6.54 Å². The van der Waals surface area contributed by atoms with E-state index < -0.39 is 54.0 Å². The van der Waals surface area contributed by atoms with Crippen molar-refractivity contribution < 1.29 is 31.9 Å². The van der Waals surface area contributed by atoms with Gasteiger partial charge in [-0.25, -0.2) is 9.18 Å². The minimum atomic E-state index is -4.78. The normalized spacial score (nSPS) is 24.7. The Balaban J connectivity index is 1.63. The highest BCUT2D eigenvalue weighted by molar-refractivity contribution is 6.09. The predicted octanol–water partition coefficient (Wildman–Crippen LogP) is 2.96. The number of urea groups is 1. The number of hydrogen-bond acceptors (Lipinski definition) is 3. The van der Waals surface area contributed by atoms with E-state index in [1.54, 1.807) is 0 Å². The Hall–Kier alpha value is -2.65. The van der Waals surface area contributed by atoms with Crippen molar-refractivity contribution in [3.63, 3.8) is 0 Å². The largest absolute Gasteiger partial charge is 0.416 e. The Morgan fingerprint density at radius 3 is 2.55 bits per heavy atom. The first-order valence-electron chi connectivity index (χ1n) is 9.28. The molecule has 0 atom stereocenters. The molecule has 3 rings (SSSR count). The van der Waals surface area contributed by atoms with E-state index in [1.807, 2.05) is 0 Å². The molecule has 2 fully saturated rings. The summed E-state index contributed by atoms with van der Waals surface area (Å²) >= 11 is 0. The Kier molecular flexibility index (Phi) is 5.55. The number of nitrogens with one attached hydrogen (secondary N) is 2. The second-order valence-electron chi connectivity index (χ2n) is 7.66. The first-order chi connectivity index (χ1) is 13.5. The molecule has 6 nitrogen and oxygen atoms in total. The summed E-state index contributed by atoms with van der Waals surface area (Å²) in [6.45, 7) is 0.953. The highest BCUT2D eigenvalue weighted by Crippen LogP contribution is 2.36. The lowest BCUT2D eigenvalue weighted by Crippen LogP contribution is -2.49. The number of benzene rings is 1. The van der Waals surface area contributed by atoms with Crippen molar-refractivity contribution in [3.8, 4) is 0 Å². The maximum Gasteiger partial charge on any atom is 0.416 e. The lowest BCUT2D eigenvalue weighted by atomic mass is 9.77. The molecule has 1 aliphatic carbocycles. The Bertz CT molecular complexity index is 832. The van der Waals surface area contributed by atoms with E-state index in [0.29, 0.717) is 24.8 Å². The van der Waals surface area contributed by atoms with Gasteiger partial charge in [-0.3, -0.25) is 14.5 Å². The van der Waals surface area contributed by atoms with Gasteiger partial charge in [-0.15, -0.1) is 0 Å². The van der Waals surface area contributed by atoms with Crippen molar-refractivity contribution in [2.45, 2.75) is 50.9 Å². The van der Waals surface area contributed by atoms with Crippen LogP contribution in [0.15, 0.2) is 18.2 Å². The van der Waals surface area contributed by atoms with Crippen LogP contribution in [0.5, 0.6) is 0 Å². The fourth-order valence-electron chi connectivity index (χ4n) is 3.77. The Labute approximate surface area is 164 Å². The molecule has 2 aliphatic rings. The number of alkyl halides is 3. The number of halogens is 4. The summed E-state index contributed by atoms with van der Waals surface area (Å²) in [6.07, 6.45) is -2.26. The number of rotatable bonds is 4. The van der Waals surface area contributed by atoms with Crippen LogP contribution in [-0.4, -0.2) is 34.8 Å². The zero-order chi connectivity index (χ0) is 21.4. The van der Waals surface area contributed by atoms with Crippen LogP contribution in [0.1, 0.15) is 43.7 Å². The molecule has 29 heavy (non-hydrogen) atoms. The number of carbonyl (C=O) groups excluding carboxylic acids is 3. The van der Waals surface area contributed by atoms with E-state index >= 15 is 0 Å². The van der Waals surface area contributed by atoms with Crippen molar-refractivity contribution in [2.75, 3.05) is 6.54 Å². The molecule has 158 valence electrons. The van der Waals surface area contributed by atoms with E-state index in [0.717, 1.165) is 29.9 Å². The molecule has 10 heteroatoms. The molecule has 1 spiro atoms. The summed E-state index contributed by atoms with van der Waals surface area (Å²) in [7, 11) is 0. The van der Waals surface area contributed by atoms with Gasteiger partial charge in [0.15, 0.2) is 0 Å². The molecule has 1 aromatic rings. The lowest BCUT2D eigenvalue weighted by molar-refractivity contribution is -0.138. The summed E-state index contributed by atoms with van der Waals surface area (Å²) in [5.41, 5.74) is -2.50. The molecule has 1 aromatic carbocycles. The van der Waals surface area contributed by atoms with Gasteiger partial charge in [0.25, 0.3) is 5.91 Å². The van der Waals surface area contributed by atoms with Crippen LogP contribution in [0.2, 0.25) is 0 Å². The quantitative estimate of drug-likeness (QED) is 0.586. The van der Waals surface area contributed by atoms with Crippen LogP contribution in [0.25, 0.3) is 0 Å². The molecular weight excluding hydrogens is 394 g/mol. The van der Waals surface area contributed by atoms with Crippen LogP contribution in [-0.2, 0) is 22.3 Å². The Morgan fingerprint density at radius 1 is 1.28 bits per heavy atom. The number of imide groups is 1. The molecule has 0 bridgehead atoms. The molecule has 2 N–H and O–H groups in total. The smallest absolute Gasteiger partial charge is 0.350 e. The summed E-state index contributed by atoms with van der Waals surface area (Å²) in [5, 5.41) is 4.93. The molecule has 0 radical (unpaired) electrons. The van der Waals surface area contributed by atoms with Gasteiger partial charge in [-0.05, 0) is 49.3 Å². The maximum absolute atomic E-state index is 13.2. The van der Waals surface area contributed by atoms with Gasteiger partial charge in [0.1, 0.15) is 17.9 Å². The number of nitrogens with zero attached hydrogens (tertiary/aromatic N) is 1. The molecule has 1 heterocycles. The second kappa shape index (κ2) is 7.64. The molecular formula is C19H21F4N3O3. The summed E-state index contributed by atoms with van der Waals surface area (Å²) in [6, 6.07) is 1.47. The third kappa shape index (κ3) is 4.35. The topological polar surface area (TPSA) is 78.5 Å². The van der Waals surface area contributed by atoms with E-state index in [4.69, 9.17) is 0 Å². The summed E-state index contributed by atoms with van der Waals surface area (Å²) in [5.74, 6) is -1.87. The molecule has 0 unspecified atom stereocenters. The third-order valence-electron chi connectivity index (χ3n) is 5.53. The van der Waals surface area contributed by atoms with Crippen LogP contribution in [0.3, 0.4) is 0 Å². The molecule has 1 aliphatic heterocycles. The fourth-order valence-corrected chi connectivity index (χ4v) is 3.77. The number of amides is 4. The van der Waals surface area contributed by atoms with Crippen molar-refractivity contribution in [1.29, 1.82) is 0 Å². The number of hydrogen-bond donors (Lipinski definition) is 2. The van der Waals surface area contributed by atoms with Crippen molar-refractivity contribution in [1.82, 2.24) is 15.5 Å². The zero-order valence-corrected chi connectivity index (χ0v) is 15.7. The lowest BCUT2D eigenvalue weighted by Gasteiger charge is -2.33. The van der Waals surface area contributed by atoms with Crippen LogP contribution >= 0.6 is 0 Å². The van der Waals surface area contributed by atoms with E-state index in [-0.39, 0.29) is 5.56 Å². The highest BCUT2D eigenvalue weighted by Gasteiger charge is 2.52. The van der Waals surface area contributed by atoms with Gasteiger partial charge in [-0.2, -0.15) is 13.2 Å². The average Bonchev–Trinajstić information content (AvgIpc) is 2.87. The Morgan fingerprint density at radius 2 is 1.93 bits per heavy atom. The summed E-state index contributed by atoms with van der Waals surface area (Å²) < 4.78 is 52.2. The van der Waals surface area contributed by atoms with Crippen LogP contribution < -0.4 is 10.6 Å². The van der Waals surface area contributed by atoms with Gasteiger partial charge >= 0.3 is 12.2 Å². The first-order valence-corrected chi connectivity index (χ1v) is 9.28. The van der Waals surface area contributed by atoms with Crippen molar-refractivity contribution in [3.05, 3.63) is 35.1 Å². The van der Waals surface area contributed by atoms with Crippen LogP contribution in [0.4, 0.5) is 22.4 Å². The predicted molar refractivity (Wildman–Crippen MR) is 93.9 cm³/mol. The van der Waals surface area contributed by atoms with Gasteiger partial charge < -0.3 is 10.6 Å². The average molecular weight is 415 g/mol. The second-order valence-corrected chi connectivity index (χ2v) is 7.66. The van der Waals surface area contributed by atoms with Crippen molar-refractivity contribution >= 4 is 17.8 Å². The van der Waals surface area contributed by atoms with Gasteiger partial charge in [0.05, 0.1) is 5.56 Å². The molecule has 1 saturated carbocycles. The zero-order valence-electron chi connectivity index (χ0n) is 15.7. The third-order valence-corrected chi connectivity index (χ3v) is 5.53. The SMILES string of the molecule is CC1CCC2(CC1)NC(=O)N(CC(=O)NCc1ccc(F)cc1C(F)(F)F)C2=O. The maximum atomic E-state index is 13.2. The van der Waals surface area contributed by atoms with Gasteiger partial charge in [-0.1, -0.05) is 13.0 Å². The fraction of sp³-hybridized carbons (Fsp3) is 0.526. The van der Waals surface area contributed by atoms with Crippen LogP contribution in [0, 0.1) is 11.7 Å². The molecule has 1 saturated heterocycles. The summed E-state index contributed by atoms with van der Waals surface area (Å²) in [4.78, 5) is 37.9. The monoisotopic (exact) mass is 415 g/mol. The van der Waals surface area contributed by atoms with E-state index in [1.165, 1.54) is 0 Å².